The van der Waals surface area contributed by atoms with Crippen molar-refractivity contribution in [2.45, 2.75) is 43.9 Å². The normalized spacial score (nSPS) is 19.9. The second kappa shape index (κ2) is 8.08. The number of benzene rings is 2. The summed E-state index contributed by atoms with van der Waals surface area (Å²) in [4.78, 5) is 24.8. The van der Waals surface area contributed by atoms with Crippen LogP contribution in [-0.2, 0) is 21.4 Å². The van der Waals surface area contributed by atoms with Gasteiger partial charge in [0.25, 0.3) is 0 Å². The van der Waals surface area contributed by atoms with Gasteiger partial charge in [0.2, 0.25) is 11.8 Å². The maximum Gasteiger partial charge on any atom is 0.227 e. The number of hydrogen-bond acceptors (Lipinski definition) is 2. The van der Waals surface area contributed by atoms with Gasteiger partial charge in [-0.25, -0.2) is 0 Å². The Hall–Kier alpha value is -2.14. The molecule has 2 aromatic carbocycles. The molecule has 0 radical (unpaired) electrons. The van der Waals surface area contributed by atoms with Crippen LogP contribution in [0.15, 0.2) is 53.0 Å². The fourth-order valence-electron chi connectivity index (χ4n) is 4.30. The average molecular weight is 441 g/mol. The van der Waals surface area contributed by atoms with Gasteiger partial charge >= 0.3 is 0 Å². The Morgan fingerprint density at radius 2 is 2.00 bits per heavy atom. The number of fused-ring (bicyclic) bond motifs is 1. The minimum absolute atomic E-state index is 0.0242. The molecule has 1 aliphatic carbocycles. The maximum atomic E-state index is 12.5. The van der Waals surface area contributed by atoms with Crippen LogP contribution in [0.4, 0.5) is 5.69 Å². The highest BCUT2D eigenvalue weighted by Crippen LogP contribution is 2.43. The highest BCUT2D eigenvalue weighted by molar-refractivity contribution is 9.10. The van der Waals surface area contributed by atoms with E-state index in [1.165, 1.54) is 12.0 Å². The van der Waals surface area contributed by atoms with Gasteiger partial charge in [0.05, 0.1) is 0 Å². The molecule has 146 valence electrons. The predicted octanol–water partition coefficient (Wildman–Crippen LogP) is 4.58. The van der Waals surface area contributed by atoms with E-state index >= 15 is 0 Å². The van der Waals surface area contributed by atoms with Crippen LogP contribution in [0, 0.1) is 5.92 Å². The van der Waals surface area contributed by atoms with E-state index in [2.05, 4.69) is 44.8 Å². The summed E-state index contributed by atoms with van der Waals surface area (Å²) in [6.07, 6.45) is 5.07. The molecule has 0 bridgehead atoms. The number of hydrogen-bond donors (Lipinski definition) is 2. The van der Waals surface area contributed by atoms with Crippen molar-refractivity contribution in [2.24, 2.45) is 5.92 Å². The number of carbonyl (C=O) groups excluding carboxylic acids is 2. The molecule has 0 spiro atoms. The van der Waals surface area contributed by atoms with Crippen molar-refractivity contribution in [3.05, 3.63) is 64.1 Å². The molecular weight excluding hydrogens is 416 g/mol. The Kier molecular flexibility index (Phi) is 5.54. The summed E-state index contributed by atoms with van der Waals surface area (Å²) in [6, 6.07) is 16.3. The largest absolute Gasteiger partial charge is 0.355 e. The van der Waals surface area contributed by atoms with Crippen LogP contribution < -0.4 is 10.6 Å². The van der Waals surface area contributed by atoms with E-state index in [9.17, 15) is 9.59 Å². The molecule has 4 nitrogen and oxygen atoms in total. The minimum atomic E-state index is -0.136. The Labute approximate surface area is 174 Å². The SMILES string of the molecule is O=C(CCC1Cc2ccccc2NC1=O)NCC1(c2cccc(Br)c2)CCC1. The van der Waals surface area contributed by atoms with Gasteiger partial charge in [-0.1, -0.05) is 52.7 Å². The van der Waals surface area contributed by atoms with Crippen LogP contribution in [0.3, 0.4) is 0 Å². The van der Waals surface area contributed by atoms with Crippen molar-refractivity contribution >= 4 is 33.4 Å². The summed E-state index contributed by atoms with van der Waals surface area (Å²) in [7, 11) is 0. The molecule has 2 amide bonds. The monoisotopic (exact) mass is 440 g/mol. The molecule has 2 aliphatic rings. The first-order valence-electron chi connectivity index (χ1n) is 9.97. The molecule has 0 saturated heterocycles. The lowest BCUT2D eigenvalue weighted by molar-refractivity contribution is -0.123. The molecule has 1 heterocycles. The molecule has 28 heavy (non-hydrogen) atoms. The first-order chi connectivity index (χ1) is 13.6. The van der Waals surface area contributed by atoms with E-state index in [-0.39, 0.29) is 23.1 Å². The number of halogens is 1. The molecule has 0 aromatic heterocycles. The van der Waals surface area contributed by atoms with Crippen molar-refractivity contribution in [3.63, 3.8) is 0 Å². The molecule has 4 rings (SSSR count). The van der Waals surface area contributed by atoms with Gasteiger partial charge in [-0.2, -0.15) is 0 Å². The molecule has 1 aliphatic heterocycles. The average Bonchev–Trinajstić information content (AvgIpc) is 2.65. The quantitative estimate of drug-likeness (QED) is 0.690. The topological polar surface area (TPSA) is 58.2 Å². The van der Waals surface area contributed by atoms with Gasteiger partial charge in [0, 0.05) is 34.5 Å². The number of carbonyl (C=O) groups is 2. The standard InChI is InChI=1S/C23H25BrN2O2/c24-19-7-3-6-18(14-19)23(11-4-12-23)15-25-21(27)10-9-17-13-16-5-1-2-8-20(16)26-22(17)28/h1-3,5-8,14,17H,4,9-13,15H2,(H,25,27)(H,26,28). The third-order valence-corrected chi connectivity index (χ3v) is 6.70. The molecule has 1 atom stereocenters. The first kappa shape index (κ1) is 19.2. The molecule has 2 N–H and O–H groups in total. The highest BCUT2D eigenvalue weighted by Gasteiger charge is 2.39. The molecule has 5 heteroatoms. The second-order valence-corrected chi connectivity index (χ2v) is 8.92. The Morgan fingerprint density at radius 1 is 1.18 bits per heavy atom. The first-order valence-corrected chi connectivity index (χ1v) is 10.8. The fraction of sp³-hybridized carbons (Fsp3) is 0.391. The highest BCUT2D eigenvalue weighted by atomic mass is 79.9. The Morgan fingerprint density at radius 3 is 2.75 bits per heavy atom. The lowest BCUT2D eigenvalue weighted by Gasteiger charge is -2.42. The lowest BCUT2D eigenvalue weighted by atomic mass is 9.64. The van der Waals surface area contributed by atoms with Crippen molar-refractivity contribution in [1.29, 1.82) is 0 Å². The van der Waals surface area contributed by atoms with E-state index in [0.29, 0.717) is 25.8 Å². The minimum Gasteiger partial charge on any atom is -0.355 e. The predicted molar refractivity (Wildman–Crippen MR) is 114 cm³/mol. The zero-order chi connectivity index (χ0) is 19.6. The van der Waals surface area contributed by atoms with E-state index in [1.54, 1.807) is 0 Å². The Bertz CT molecular complexity index is 892. The number of amides is 2. The molecule has 1 fully saturated rings. The van der Waals surface area contributed by atoms with Crippen LogP contribution in [0.2, 0.25) is 0 Å². The van der Waals surface area contributed by atoms with Crippen LogP contribution in [0.1, 0.15) is 43.2 Å². The van der Waals surface area contributed by atoms with Crippen LogP contribution >= 0.6 is 15.9 Å². The summed E-state index contributed by atoms with van der Waals surface area (Å²) in [6.45, 7) is 0.669. The maximum absolute atomic E-state index is 12.5. The van der Waals surface area contributed by atoms with Crippen LogP contribution in [0.5, 0.6) is 0 Å². The van der Waals surface area contributed by atoms with Gasteiger partial charge in [-0.15, -0.1) is 0 Å². The summed E-state index contributed by atoms with van der Waals surface area (Å²) in [5, 5.41) is 6.09. The summed E-state index contributed by atoms with van der Waals surface area (Å²) in [5.74, 6) is -0.0765. The zero-order valence-electron chi connectivity index (χ0n) is 15.8. The van der Waals surface area contributed by atoms with E-state index in [1.807, 2.05) is 30.3 Å². The number of anilines is 1. The zero-order valence-corrected chi connectivity index (χ0v) is 17.4. The third kappa shape index (κ3) is 4.00. The van der Waals surface area contributed by atoms with Crippen LogP contribution in [-0.4, -0.2) is 18.4 Å². The molecular formula is C23H25BrN2O2. The molecule has 1 unspecified atom stereocenters. The van der Waals surface area contributed by atoms with E-state index in [4.69, 9.17) is 0 Å². The summed E-state index contributed by atoms with van der Waals surface area (Å²) in [5.41, 5.74) is 3.39. The number of nitrogens with one attached hydrogen (secondary N) is 2. The van der Waals surface area contributed by atoms with Gasteiger partial charge in [0.1, 0.15) is 0 Å². The van der Waals surface area contributed by atoms with Crippen molar-refractivity contribution < 1.29 is 9.59 Å². The summed E-state index contributed by atoms with van der Waals surface area (Å²) < 4.78 is 1.08. The van der Waals surface area contributed by atoms with E-state index < -0.39 is 0 Å². The van der Waals surface area contributed by atoms with Crippen molar-refractivity contribution in [1.82, 2.24) is 5.32 Å². The fourth-order valence-corrected chi connectivity index (χ4v) is 4.70. The van der Waals surface area contributed by atoms with Gasteiger partial charge in [0.15, 0.2) is 0 Å². The summed E-state index contributed by atoms with van der Waals surface area (Å²) >= 11 is 3.55. The van der Waals surface area contributed by atoms with E-state index in [0.717, 1.165) is 28.6 Å². The van der Waals surface area contributed by atoms with Crippen molar-refractivity contribution in [3.8, 4) is 0 Å². The molecule has 1 saturated carbocycles. The molecule has 2 aromatic rings. The van der Waals surface area contributed by atoms with Gasteiger partial charge < -0.3 is 10.6 Å². The Balaban J connectivity index is 1.31. The van der Waals surface area contributed by atoms with Gasteiger partial charge in [-0.3, -0.25) is 9.59 Å². The smallest absolute Gasteiger partial charge is 0.227 e. The van der Waals surface area contributed by atoms with Crippen LogP contribution in [0.25, 0.3) is 0 Å². The van der Waals surface area contributed by atoms with Gasteiger partial charge in [-0.05, 0) is 55.0 Å². The number of rotatable bonds is 6. The third-order valence-electron chi connectivity index (χ3n) is 6.20. The lowest BCUT2D eigenvalue weighted by Crippen LogP contribution is -2.45. The second-order valence-electron chi connectivity index (χ2n) is 8.01. The number of para-hydroxylation sites is 1. The van der Waals surface area contributed by atoms with Crippen molar-refractivity contribution in [2.75, 3.05) is 11.9 Å².